The maximum Gasteiger partial charge on any atom is 0.459 e. The summed E-state index contributed by atoms with van der Waals surface area (Å²) in [6.07, 6.45) is 7.68. The maximum absolute atomic E-state index is 13.6. The van der Waals surface area contributed by atoms with Crippen LogP contribution in [0.1, 0.15) is 45.4 Å². The molecule has 2 amide bonds. The molecule has 1 fully saturated rings. The molecule has 2 N–H and O–H groups in total. The Morgan fingerprint density at radius 3 is 2.53 bits per heavy atom. The first-order chi connectivity index (χ1) is 18.1. The normalized spacial score (nSPS) is 17.3. The third kappa shape index (κ3) is 12.0. The van der Waals surface area contributed by atoms with E-state index in [4.69, 9.17) is 30.1 Å². The average molecular weight is 574 g/mol. The molecule has 38 heavy (non-hydrogen) atoms. The number of nitrogens with zero attached hydrogens (tertiary/aromatic N) is 1. The number of halogens is 1. The molecule has 13 heteroatoms. The van der Waals surface area contributed by atoms with Crippen LogP contribution in [0, 0.1) is 0 Å². The first-order valence-electron chi connectivity index (χ1n) is 12.5. The van der Waals surface area contributed by atoms with E-state index in [1.807, 2.05) is 12.2 Å². The van der Waals surface area contributed by atoms with Crippen molar-refractivity contribution in [3.63, 3.8) is 0 Å². The number of methoxy groups -OCH3 is 1. The third-order valence-corrected chi connectivity index (χ3v) is 7.77. The van der Waals surface area contributed by atoms with Gasteiger partial charge in [0.15, 0.2) is 0 Å². The Morgan fingerprint density at radius 2 is 1.89 bits per heavy atom. The molecule has 0 radical (unpaired) electrons. The molecule has 1 aliphatic rings. The summed E-state index contributed by atoms with van der Waals surface area (Å²) in [4.78, 5) is 36.0. The van der Waals surface area contributed by atoms with Crippen LogP contribution < -0.4 is 14.9 Å². The van der Waals surface area contributed by atoms with E-state index in [2.05, 4.69) is 5.09 Å². The summed E-state index contributed by atoms with van der Waals surface area (Å²) in [6.45, 7) is 1.43. The molecule has 0 aromatic heterocycles. The summed E-state index contributed by atoms with van der Waals surface area (Å²) in [6, 6.07) is 6.13. The molecule has 3 unspecified atom stereocenters. The molecule has 11 nitrogen and oxygen atoms in total. The van der Waals surface area contributed by atoms with Crippen molar-refractivity contribution >= 4 is 37.6 Å². The predicted molar refractivity (Wildman–Crippen MR) is 143 cm³/mol. The lowest BCUT2D eigenvalue weighted by molar-refractivity contribution is -0.149. The van der Waals surface area contributed by atoms with Gasteiger partial charge in [0.2, 0.25) is 6.41 Å². The monoisotopic (exact) mass is 573 g/mol. The van der Waals surface area contributed by atoms with Crippen LogP contribution in [0.5, 0.6) is 5.75 Å². The smallest absolute Gasteiger partial charge is 0.459 e. The predicted octanol–water partition coefficient (Wildman–Crippen LogP) is 3.82. The quantitative estimate of drug-likeness (QED) is 0.130. The molecule has 1 aromatic carbocycles. The van der Waals surface area contributed by atoms with Crippen molar-refractivity contribution in [1.29, 1.82) is 0 Å². The number of carbonyl (C=O) groups is 3. The average Bonchev–Trinajstić information content (AvgIpc) is 2.90. The number of benzene rings is 1. The van der Waals surface area contributed by atoms with Gasteiger partial charge >= 0.3 is 13.7 Å². The molecular weight excluding hydrogens is 537 g/mol. The fraction of sp³-hybridized carbons (Fsp3) is 0.560. The Labute approximate surface area is 228 Å². The van der Waals surface area contributed by atoms with Crippen molar-refractivity contribution in [3.05, 3.63) is 41.6 Å². The van der Waals surface area contributed by atoms with Gasteiger partial charge in [-0.25, -0.2) is 9.65 Å². The molecule has 0 aliphatic heterocycles. The Hall–Kier alpha value is -2.43. The van der Waals surface area contributed by atoms with Crippen molar-refractivity contribution in [2.45, 2.75) is 63.7 Å². The minimum absolute atomic E-state index is 0.112. The second-order valence-corrected chi connectivity index (χ2v) is 11.2. The van der Waals surface area contributed by atoms with Gasteiger partial charge in [0.25, 0.3) is 5.91 Å². The zero-order chi connectivity index (χ0) is 28.0. The molecule has 1 aromatic rings. The summed E-state index contributed by atoms with van der Waals surface area (Å²) < 4.78 is 35.9. The highest BCUT2D eigenvalue weighted by Gasteiger charge is 2.30. The standard InChI is InChI=1S/C25H37ClN3O8P/c1-19(29(2)14-13-24(31)27-18-30)15-23(34-3)17-35-38(33,37-22-11-9-20(26)10-12-22)28-16-25(32)36-21-7-5-4-6-8-21/h9-14,18-19,21,23H,4-8,15-17H2,1-3H3,(H,28,33)(H,27,30,31)/b14-13-. The van der Waals surface area contributed by atoms with E-state index in [0.717, 1.165) is 32.1 Å². The van der Waals surface area contributed by atoms with E-state index in [9.17, 15) is 18.9 Å². The topological polar surface area (TPSA) is 132 Å². The number of esters is 1. The lowest BCUT2D eigenvalue weighted by Crippen LogP contribution is -2.33. The number of hydrogen-bond donors (Lipinski definition) is 2. The minimum atomic E-state index is -4.02. The lowest BCUT2D eigenvalue weighted by Gasteiger charge is -2.28. The van der Waals surface area contributed by atoms with Gasteiger partial charge in [-0.05, 0) is 63.3 Å². The molecule has 2 rings (SSSR count). The number of carbonyl (C=O) groups excluding carboxylic acids is 3. The molecule has 1 saturated carbocycles. The zero-order valence-electron chi connectivity index (χ0n) is 22.0. The van der Waals surface area contributed by atoms with Gasteiger partial charge in [-0.2, -0.15) is 0 Å². The van der Waals surface area contributed by atoms with Crippen LogP contribution in [0.2, 0.25) is 5.02 Å². The lowest BCUT2D eigenvalue weighted by atomic mass is 9.98. The molecule has 3 atom stereocenters. The molecule has 0 spiro atoms. The highest BCUT2D eigenvalue weighted by atomic mass is 35.5. The van der Waals surface area contributed by atoms with Gasteiger partial charge in [-0.3, -0.25) is 24.2 Å². The van der Waals surface area contributed by atoms with Crippen molar-refractivity contribution in [2.75, 3.05) is 27.3 Å². The van der Waals surface area contributed by atoms with E-state index in [1.165, 1.54) is 31.5 Å². The van der Waals surface area contributed by atoms with E-state index >= 15 is 0 Å². The first kappa shape index (κ1) is 31.8. The summed E-state index contributed by atoms with van der Waals surface area (Å²) in [5.74, 6) is -0.838. The summed E-state index contributed by atoms with van der Waals surface area (Å²) in [5.41, 5.74) is 0. The number of rotatable bonds is 16. The Morgan fingerprint density at radius 1 is 1.21 bits per heavy atom. The van der Waals surface area contributed by atoms with Crippen molar-refractivity contribution in [2.24, 2.45) is 0 Å². The van der Waals surface area contributed by atoms with E-state index in [-0.39, 0.29) is 31.0 Å². The number of imide groups is 1. The highest BCUT2D eigenvalue weighted by Crippen LogP contribution is 2.44. The minimum Gasteiger partial charge on any atom is -0.461 e. The van der Waals surface area contributed by atoms with Gasteiger partial charge in [-0.1, -0.05) is 18.0 Å². The second kappa shape index (κ2) is 16.5. The van der Waals surface area contributed by atoms with Crippen LogP contribution in [0.3, 0.4) is 0 Å². The van der Waals surface area contributed by atoms with Gasteiger partial charge in [0, 0.05) is 37.5 Å². The fourth-order valence-electron chi connectivity index (χ4n) is 3.71. The van der Waals surface area contributed by atoms with Crippen LogP contribution in [0.25, 0.3) is 0 Å². The zero-order valence-corrected chi connectivity index (χ0v) is 23.6. The van der Waals surface area contributed by atoms with E-state index < -0.39 is 25.7 Å². The molecule has 0 bridgehead atoms. The van der Waals surface area contributed by atoms with Gasteiger partial charge in [0.1, 0.15) is 18.4 Å². The SMILES string of the molecule is COC(COP(=O)(NCC(=O)OC1CCCCC1)Oc1ccc(Cl)cc1)CC(C)N(C)/C=C\C(=O)NC=O. The number of nitrogens with one attached hydrogen (secondary N) is 2. The van der Waals surface area contributed by atoms with Crippen LogP contribution in [0.15, 0.2) is 36.5 Å². The van der Waals surface area contributed by atoms with E-state index in [0.29, 0.717) is 17.9 Å². The largest absolute Gasteiger partial charge is 0.461 e. The molecule has 212 valence electrons. The summed E-state index contributed by atoms with van der Waals surface area (Å²) >= 11 is 5.93. The van der Waals surface area contributed by atoms with Gasteiger partial charge < -0.3 is 18.9 Å². The van der Waals surface area contributed by atoms with E-state index in [1.54, 1.807) is 24.1 Å². The fourth-order valence-corrected chi connectivity index (χ4v) is 5.13. The van der Waals surface area contributed by atoms with Crippen LogP contribution in [0.4, 0.5) is 0 Å². The Balaban J connectivity index is 1.99. The van der Waals surface area contributed by atoms with Crippen molar-refractivity contribution in [3.8, 4) is 5.75 Å². The van der Waals surface area contributed by atoms with Gasteiger partial charge in [-0.15, -0.1) is 0 Å². The molecule has 0 saturated heterocycles. The van der Waals surface area contributed by atoms with Crippen LogP contribution in [-0.4, -0.2) is 68.7 Å². The molecule has 0 heterocycles. The summed E-state index contributed by atoms with van der Waals surface area (Å²) in [7, 11) is -0.764. The van der Waals surface area contributed by atoms with Crippen molar-refractivity contribution in [1.82, 2.24) is 15.3 Å². The molecule has 1 aliphatic carbocycles. The number of amides is 2. The van der Waals surface area contributed by atoms with Crippen molar-refractivity contribution < 1.29 is 37.5 Å². The second-order valence-electron chi connectivity index (χ2n) is 8.97. The summed E-state index contributed by atoms with van der Waals surface area (Å²) in [5, 5.41) is 5.11. The van der Waals surface area contributed by atoms with Gasteiger partial charge in [0.05, 0.1) is 12.7 Å². The maximum atomic E-state index is 13.6. The number of hydrogen-bond acceptors (Lipinski definition) is 9. The third-order valence-electron chi connectivity index (χ3n) is 6.03. The molecular formula is C25H37ClN3O8P. The highest BCUT2D eigenvalue weighted by molar-refractivity contribution is 7.52. The van der Waals surface area contributed by atoms with Crippen LogP contribution in [-0.2, 0) is 32.9 Å². The Bertz CT molecular complexity index is 972. The Kier molecular flexibility index (Phi) is 13.8. The number of ether oxygens (including phenoxy) is 2. The first-order valence-corrected chi connectivity index (χ1v) is 14.4. The van der Waals surface area contributed by atoms with Crippen LogP contribution >= 0.6 is 19.3 Å².